The van der Waals surface area contributed by atoms with Gasteiger partial charge in [0, 0.05) is 39.4 Å². The van der Waals surface area contributed by atoms with Crippen LogP contribution in [-0.4, -0.2) is 49.2 Å². The molecule has 0 saturated carbocycles. The molecule has 2 rings (SSSR count). The average molecular weight is 305 g/mol. The Bertz CT molecular complexity index is 545. The maximum Gasteiger partial charge on any atom is 0.317 e. The van der Waals surface area contributed by atoms with Gasteiger partial charge in [-0.2, -0.15) is 0 Å². The Morgan fingerprint density at radius 3 is 2.86 bits per heavy atom. The number of benzene rings is 1. The summed E-state index contributed by atoms with van der Waals surface area (Å²) < 4.78 is 0. The summed E-state index contributed by atoms with van der Waals surface area (Å²) in [5, 5.41) is 11.9. The van der Waals surface area contributed by atoms with Crippen LogP contribution in [0.5, 0.6) is 0 Å². The molecule has 6 nitrogen and oxygen atoms in total. The first kappa shape index (κ1) is 16.1. The topological polar surface area (TPSA) is 72.9 Å². The van der Waals surface area contributed by atoms with Crippen LogP contribution in [0.15, 0.2) is 24.3 Å². The van der Waals surface area contributed by atoms with E-state index >= 15 is 0 Å². The van der Waals surface area contributed by atoms with Crippen molar-refractivity contribution in [1.29, 1.82) is 0 Å². The summed E-state index contributed by atoms with van der Waals surface area (Å²) >= 11 is 0. The number of likely N-dealkylation sites (tertiary alicyclic amines) is 1. The lowest BCUT2D eigenvalue weighted by atomic mass is 9.99. The third-order valence-corrected chi connectivity index (χ3v) is 3.93. The quantitative estimate of drug-likeness (QED) is 0.889. The fraction of sp³-hybridized carbons (Fsp3) is 0.500. The van der Waals surface area contributed by atoms with E-state index in [1.165, 1.54) is 0 Å². The lowest BCUT2D eigenvalue weighted by Gasteiger charge is -2.30. The summed E-state index contributed by atoms with van der Waals surface area (Å²) in [6, 6.07) is 7.76. The average Bonchev–Trinajstić information content (AvgIpc) is 2.53. The lowest BCUT2D eigenvalue weighted by Crippen LogP contribution is -2.46. The molecule has 0 radical (unpaired) electrons. The minimum absolute atomic E-state index is 0.193. The number of carboxylic acids is 1. The van der Waals surface area contributed by atoms with E-state index in [1.807, 2.05) is 43.3 Å². The number of nitrogens with one attached hydrogen (secondary N) is 1. The first-order valence-electron chi connectivity index (χ1n) is 7.49. The second-order valence-electron chi connectivity index (χ2n) is 5.85. The Morgan fingerprint density at radius 1 is 1.41 bits per heavy atom. The zero-order valence-corrected chi connectivity index (χ0v) is 13.1. The van der Waals surface area contributed by atoms with E-state index in [1.54, 1.807) is 4.90 Å². The van der Waals surface area contributed by atoms with Gasteiger partial charge < -0.3 is 20.2 Å². The highest BCUT2D eigenvalue weighted by Crippen LogP contribution is 2.17. The molecule has 0 spiro atoms. The molecule has 1 atom stereocenters. The van der Waals surface area contributed by atoms with Gasteiger partial charge in [-0.1, -0.05) is 12.1 Å². The zero-order chi connectivity index (χ0) is 16.1. The first-order chi connectivity index (χ1) is 10.5. The Hall–Kier alpha value is -2.24. The number of anilines is 1. The standard InChI is InChI=1S/C16H23N3O3/c1-18(2)14-7-3-5-12(9-14)10-17-16(22)19-8-4-6-13(11-19)15(20)21/h3,5,7,9,13H,4,6,8,10-11H2,1-2H3,(H,17,22)(H,20,21). The van der Waals surface area contributed by atoms with Gasteiger partial charge in [-0.25, -0.2) is 4.79 Å². The number of carboxylic acid groups (broad SMARTS) is 1. The number of hydrogen-bond acceptors (Lipinski definition) is 3. The fourth-order valence-corrected chi connectivity index (χ4v) is 2.60. The van der Waals surface area contributed by atoms with Crippen molar-refractivity contribution in [2.24, 2.45) is 5.92 Å². The van der Waals surface area contributed by atoms with Crippen molar-refractivity contribution in [3.8, 4) is 0 Å². The summed E-state index contributed by atoms with van der Waals surface area (Å²) in [4.78, 5) is 26.8. The molecule has 0 aromatic heterocycles. The summed E-state index contributed by atoms with van der Waals surface area (Å²) in [5.41, 5.74) is 2.10. The molecule has 1 aromatic rings. The predicted molar refractivity (Wildman–Crippen MR) is 84.9 cm³/mol. The van der Waals surface area contributed by atoms with Crippen molar-refractivity contribution < 1.29 is 14.7 Å². The van der Waals surface area contributed by atoms with Gasteiger partial charge in [-0.3, -0.25) is 4.79 Å². The van der Waals surface area contributed by atoms with Crippen LogP contribution in [0.3, 0.4) is 0 Å². The Kier molecular flexibility index (Phi) is 5.25. The van der Waals surface area contributed by atoms with Crippen LogP contribution in [0.1, 0.15) is 18.4 Å². The van der Waals surface area contributed by atoms with Crippen molar-refractivity contribution in [2.45, 2.75) is 19.4 Å². The molecule has 1 aromatic carbocycles. The van der Waals surface area contributed by atoms with Gasteiger partial charge in [-0.15, -0.1) is 0 Å². The van der Waals surface area contributed by atoms with Crippen molar-refractivity contribution in [2.75, 3.05) is 32.1 Å². The molecular weight excluding hydrogens is 282 g/mol. The van der Waals surface area contributed by atoms with E-state index in [0.717, 1.165) is 17.7 Å². The number of hydrogen-bond donors (Lipinski definition) is 2. The normalized spacial score (nSPS) is 17.9. The molecule has 0 bridgehead atoms. The molecule has 1 saturated heterocycles. The summed E-state index contributed by atoms with van der Waals surface area (Å²) in [7, 11) is 3.94. The van der Waals surface area contributed by atoms with Gasteiger partial charge in [0.05, 0.1) is 5.92 Å². The van der Waals surface area contributed by atoms with E-state index < -0.39 is 11.9 Å². The largest absolute Gasteiger partial charge is 0.481 e. The molecule has 1 unspecified atom stereocenters. The zero-order valence-electron chi connectivity index (χ0n) is 13.1. The van der Waals surface area contributed by atoms with Gasteiger partial charge >= 0.3 is 12.0 Å². The van der Waals surface area contributed by atoms with E-state index in [0.29, 0.717) is 26.1 Å². The van der Waals surface area contributed by atoms with Crippen molar-refractivity contribution >= 4 is 17.7 Å². The number of amides is 2. The highest BCUT2D eigenvalue weighted by Gasteiger charge is 2.27. The molecule has 2 N–H and O–H groups in total. The molecular formula is C16H23N3O3. The van der Waals surface area contributed by atoms with Crippen molar-refractivity contribution in [3.63, 3.8) is 0 Å². The minimum Gasteiger partial charge on any atom is -0.481 e. The van der Waals surface area contributed by atoms with Crippen LogP contribution in [0.4, 0.5) is 10.5 Å². The van der Waals surface area contributed by atoms with E-state index in [9.17, 15) is 9.59 Å². The number of carbonyl (C=O) groups excluding carboxylic acids is 1. The maximum absolute atomic E-state index is 12.2. The number of nitrogens with zero attached hydrogens (tertiary/aromatic N) is 2. The van der Waals surface area contributed by atoms with Crippen molar-refractivity contribution in [3.05, 3.63) is 29.8 Å². The second kappa shape index (κ2) is 7.15. The smallest absolute Gasteiger partial charge is 0.317 e. The number of carbonyl (C=O) groups is 2. The van der Waals surface area contributed by atoms with Crippen LogP contribution < -0.4 is 10.2 Å². The second-order valence-corrected chi connectivity index (χ2v) is 5.85. The highest BCUT2D eigenvalue weighted by atomic mass is 16.4. The van der Waals surface area contributed by atoms with Gasteiger partial charge in [0.25, 0.3) is 0 Å². The summed E-state index contributed by atoms with van der Waals surface area (Å²) in [5.74, 6) is -1.27. The number of rotatable bonds is 4. The van der Waals surface area contributed by atoms with E-state index in [-0.39, 0.29) is 6.03 Å². The number of piperidine rings is 1. The summed E-state index contributed by atoms with van der Waals surface area (Å²) in [6.45, 7) is 1.35. The van der Waals surface area contributed by atoms with E-state index in [4.69, 9.17) is 5.11 Å². The number of aliphatic carboxylic acids is 1. The Morgan fingerprint density at radius 2 is 2.18 bits per heavy atom. The van der Waals surface area contributed by atoms with E-state index in [2.05, 4.69) is 5.32 Å². The SMILES string of the molecule is CN(C)c1cccc(CNC(=O)N2CCCC(C(=O)O)C2)c1. The highest BCUT2D eigenvalue weighted by molar-refractivity contribution is 5.76. The molecule has 1 aliphatic rings. The molecule has 0 aliphatic carbocycles. The number of urea groups is 1. The van der Waals surface area contributed by atoms with Crippen LogP contribution in [0, 0.1) is 5.92 Å². The maximum atomic E-state index is 12.2. The first-order valence-corrected chi connectivity index (χ1v) is 7.49. The summed E-state index contributed by atoms with van der Waals surface area (Å²) in [6.07, 6.45) is 1.38. The molecule has 120 valence electrons. The van der Waals surface area contributed by atoms with Crippen LogP contribution in [0.2, 0.25) is 0 Å². The molecule has 1 aliphatic heterocycles. The molecule has 22 heavy (non-hydrogen) atoms. The molecule has 2 amide bonds. The van der Waals surface area contributed by atoms with Crippen LogP contribution in [-0.2, 0) is 11.3 Å². The third-order valence-electron chi connectivity index (χ3n) is 3.93. The Balaban J connectivity index is 1.89. The lowest BCUT2D eigenvalue weighted by molar-refractivity contribution is -0.143. The van der Waals surface area contributed by atoms with Gasteiger partial charge in [-0.05, 0) is 30.5 Å². The fourth-order valence-electron chi connectivity index (χ4n) is 2.60. The van der Waals surface area contributed by atoms with Gasteiger partial charge in [0.15, 0.2) is 0 Å². The van der Waals surface area contributed by atoms with Gasteiger partial charge in [0.2, 0.25) is 0 Å². The van der Waals surface area contributed by atoms with Crippen LogP contribution >= 0.6 is 0 Å². The minimum atomic E-state index is -0.823. The van der Waals surface area contributed by atoms with Crippen LogP contribution in [0.25, 0.3) is 0 Å². The predicted octanol–water partition coefficient (Wildman–Crippen LogP) is 1.76. The Labute approximate surface area is 130 Å². The third kappa shape index (κ3) is 4.13. The van der Waals surface area contributed by atoms with Crippen molar-refractivity contribution in [1.82, 2.24) is 10.2 Å². The monoisotopic (exact) mass is 305 g/mol. The van der Waals surface area contributed by atoms with Gasteiger partial charge in [0.1, 0.15) is 0 Å². The molecule has 1 heterocycles. The molecule has 1 fully saturated rings. The molecule has 6 heteroatoms.